The van der Waals surface area contributed by atoms with Gasteiger partial charge in [0.25, 0.3) is 0 Å². The van der Waals surface area contributed by atoms with Crippen LogP contribution < -0.4 is 0 Å². The summed E-state index contributed by atoms with van der Waals surface area (Å²) in [4.78, 5) is 11.5. The Morgan fingerprint density at radius 2 is 2.35 bits per heavy atom. The van der Waals surface area contributed by atoms with Crippen LogP contribution >= 0.6 is 11.6 Å². The number of carbonyl (C=O) groups excluding carboxylic acids is 1. The third kappa shape index (κ3) is 4.29. The van der Waals surface area contributed by atoms with E-state index in [0.29, 0.717) is 17.2 Å². The SMILES string of the molecule is CCCOC(=O)C(C#N)=Cc1cccc(Cl)c1. The second-order valence-electron chi connectivity index (χ2n) is 3.36. The number of nitrogens with zero attached hydrogens (tertiary/aromatic N) is 1. The van der Waals surface area contributed by atoms with Crippen LogP contribution in [0.25, 0.3) is 6.08 Å². The number of halogens is 1. The molecule has 88 valence electrons. The van der Waals surface area contributed by atoms with E-state index in [1.54, 1.807) is 24.3 Å². The fourth-order valence-corrected chi connectivity index (χ4v) is 1.37. The van der Waals surface area contributed by atoms with Crippen molar-refractivity contribution in [1.29, 1.82) is 5.26 Å². The van der Waals surface area contributed by atoms with Gasteiger partial charge in [-0.2, -0.15) is 5.26 Å². The molecule has 1 aromatic carbocycles. The minimum atomic E-state index is -0.602. The molecule has 0 fully saturated rings. The topological polar surface area (TPSA) is 50.1 Å². The van der Waals surface area contributed by atoms with Crippen LogP contribution in [0.1, 0.15) is 18.9 Å². The first-order valence-electron chi connectivity index (χ1n) is 5.22. The number of nitriles is 1. The maximum absolute atomic E-state index is 11.5. The minimum absolute atomic E-state index is 0.0271. The molecule has 0 saturated heterocycles. The molecule has 0 aliphatic carbocycles. The summed E-state index contributed by atoms with van der Waals surface area (Å²) < 4.78 is 4.88. The van der Waals surface area contributed by atoms with Crippen LogP contribution in [0.4, 0.5) is 0 Å². The van der Waals surface area contributed by atoms with Crippen LogP contribution in [0, 0.1) is 11.3 Å². The van der Waals surface area contributed by atoms with E-state index < -0.39 is 5.97 Å². The van der Waals surface area contributed by atoms with Crippen LogP contribution in [0.5, 0.6) is 0 Å². The monoisotopic (exact) mass is 249 g/mol. The van der Waals surface area contributed by atoms with Gasteiger partial charge in [-0.3, -0.25) is 0 Å². The summed E-state index contributed by atoms with van der Waals surface area (Å²) >= 11 is 5.81. The van der Waals surface area contributed by atoms with Gasteiger partial charge in [-0.25, -0.2) is 4.79 Å². The summed E-state index contributed by atoms with van der Waals surface area (Å²) in [6.45, 7) is 2.20. The largest absolute Gasteiger partial charge is 0.462 e. The lowest BCUT2D eigenvalue weighted by Gasteiger charge is -2.01. The number of carbonyl (C=O) groups is 1. The minimum Gasteiger partial charge on any atom is -0.462 e. The first-order valence-corrected chi connectivity index (χ1v) is 5.59. The molecule has 0 bridgehead atoms. The summed E-state index contributed by atoms with van der Waals surface area (Å²) in [5.41, 5.74) is 0.670. The van der Waals surface area contributed by atoms with Crippen molar-refractivity contribution < 1.29 is 9.53 Å². The van der Waals surface area contributed by atoms with Gasteiger partial charge >= 0.3 is 5.97 Å². The van der Waals surface area contributed by atoms with E-state index >= 15 is 0 Å². The average molecular weight is 250 g/mol. The number of ether oxygens (including phenoxy) is 1. The van der Waals surface area contributed by atoms with Gasteiger partial charge in [0, 0.05) is 5.02 Å². The van der Waals surface area contributed by atoms with E-state index in [9.17, 15) is 4.79 Å². The maximum atomic E-state index is 11.5. The zero-order chi connectivity index (χ0) is 12.7. The van der Waals surface area contributed by atoms with E-state index in [1.807, 2.05) is 13.0 Å². The maximum Gasteiger partial charge on any atom is 0.348 e. The molecule has 0 N–H and O–H groups in total. The fraction of sp³-hybridized carbons (Fsp3) is 0.231. The van der Waals surface area contributed by atoms with Crippen molar-refractivity contribution in [2.45, 2.75) is 13.3 Å². The van der Waals surface area contributed by atoms with Gasteiger partial charge in [-0.15, -0.1) is 0 Å². The van der Waals surface area contributed by atoms with Crippen molar-refractivity contribution in [3.63, 3.8) is 0 Å². The molecular weight excluding hydrogens is 238 g/mol. The first kappa shape index (κ1) is 13.3. The van der Waals surface area contributed by atoms with Gasteiger partial charge in [-0.05, 0) is 30.2 Å². The van der Waals surface area contributed by atoms with Crippen LogP contribution in [0.2, 0.25) is 5.02 Å². The summed E-state index contributed by atoms with van der Waals surface area (Å²) in [6.07, 6.45) is 2.19. The highest BCUT2D eigenvalue weighted by molar-refractivity contribution is 6.30. The van der Waals surface area contributed by atoms with E-state index in [2.05, 4.69) is 0 Å². The predicted molar refractivity (Wildman–Crippen MR) is 66.3 cm³/mol. The molecular formula is C13H12ClNO2. The quantitative estimate of drug-likeness (QED) is 0.468. The molecule has 4 heteroatoms. The Bertz CT molecular complexity index is 475. The Labute approximate surface area is 105 Å². The van der Waals surface area contributed by atoms with Crippen molar-refractivity contribution >= 4 is 23.6 Å². The molecule has 0 unspecified atom stereocenters. The molecule has 0 aliphatic rings. The second-order valence-corrected chi connectivity index (χ2v) is 3.80. The van der Waals surface area contributed by atoms with Crippen molar-refractivity contribution in [1.82, 2.24) is 0 Å². The number of benzene rings is 1. The summed E-state index contributed by atoms with van der Waals surface area (Å²) in [5, 5.41) is 9.43. The Balaban J connectivity index is 2.87. The molecule has 0 amide bonds. The molecule has 0 atom stereocenters. The van der Waals surface area contributed by atoms with E-state index in [-0.39, 0.29) is 5.57 Å². The molecule has 0 radical (unpaired) electrons. The van der Waals surface area contributed by atoms with Gasteiger partial charge < -0.3 is 4.74 Å². The zero-order valence-corrected chi connectivity index (χ0v) is 10.2. The van der Waals surface area contributed by atoms with Crippen molar-refractivity contribution in [3.8, 4) is 6.07 Å². The number of esters is 1. The van der Waals surface area contributed by atoms with Crippen LogP contribution in [-0.4, -0.2) is 12.6 Å². The van der Waals surface area contributed by atoms with E-state index in [1.165, 1.54) is 6.08 Å². The normalized spacial score (nSPS) is 10.8. The first-order chi connectivity index (χ1) is 8.17. The van der Waals surface area contributed by atoms with Crippen LogP contribution in [-0.2, 0) is 9.53 Å². The lowest BCUT2D eigenvalue weighted by molar-refractivity contribution is -0.138. The molecule has 0 aromatic heterocycles. The summed E-state index contributed by atoms with van der Waals surface area (Å²) in [5.74, 6) is -0.602. The highest BCUT2D eigenvalue weighted by Crippen LogP contribution is 2.14. The van der Waals surface area contributed by atoms with Crippen molar-refractivity contribution in [2.75, 3.05) is 6.61 Å². The number of rotatable bonds is 4. The third-order valence-corrected chi connectivity index (χ3v) is 2.17. The molecule has 0 heterocycles. The highest BCUT2D eigenvalue weighted by atomic mass is 35.5. The molecule has 17 heavy (non-hydrogen) atoms. The zero-order valence-electron chi connectivity index (χ0n) is 9.44. The average Bonchev–Trinajstić information content (AvgIpc) is 2.33. The van der Waals surface area contributed by atoms with Gasteiger partial charge in [0.2, 0.25) is 0 Å². The Kier molecular flexibility index (Phi) is 5.25. The summed E-state index contributed by atoms with van der Waals surface area (Å²) in [6, 6.07) is 8.73. The standard InChI is InChI=1S/C13H12ClNO2/c1-2-6-17-13(16)11(9-15)7-10-4-3-5-12(14)8-10/h3-5,7-8H,2,6H2,1H3. The smallest absolute Gasteiger partial charge is 0.348 e. The van der Waals surface area contributed by atoms with Crippen molar-refractivity contribution in [3.05, 3.63) is 40.4 Å². The van der Waals surface area contributed by atoms with Crippen molar-refractivity contribution in [2.24, 2.45) is 0 Å². The van der Waals surface area contributed by atoms with Crippen LogP contribution in [0.3, 0.4) is 0 Å². The Hall–Kier alpha value is -1.79. The number of hydrogen-bond donors (Lipinski definition) is 0. The Morgan fingerprint density at radius 1 is 1.59 bits per heavy atom. The van der Waals surface area contributed by atoms with Gasteiger partial charge in [0.1, 0.15) is 11.6 Å². The molecule has 0 saturated carbocycles. The lowest BCUT2D eigenvalue weighted by atomic mass is 10.1. The molecule has 0 aliphatic heterocycles. The third-order valence-electron chi connectivity index (χ3n) is 1.94. The van der Waals surface area contributed by atoms with Gasteiger partial charge in [0.05, 0.1) is 6.61 Å². The van der Waals surface area contributed by atoms with Crippen LogP contribution in [0.15, 0.2) is 29.8 Å². The second kappa shape index (κ2) is 6.72. The number of hydrogen-bond acceptors (Lipinski definition) is 3. The predicted octanol–water partition coefficient (Wildman–Crippen LogP) is 3.20. The molecule has 3 nitrogen and oxygen atoms in total. The molecule has 0 spiro atoms. The van der Waals surface area contributed by atoms with Gasteiger partial charge in [-0.1, -0.05) is 30.7 Å². The fourth-order valence-electron chi connectivity index (χ4n) is 1.17. The van der Waals surface area contributed by atoms with Gasteiger partial charge in [0.15, 0.2) is 0 Å². The highest BCUT2D eigenvalue weighted by Gasteiger charge is 2.09. The molecule has 1 aromatic rings. The Morgan fingerprint density at radius 3 is 2.94 bits per heavy atom. The molecule has 1 rings (SSSR count). The summed E-state index contributed by atoms with van der Waals surface area (Å²) in [7, 11) is 0. The lowest BCUT2D eigenvalue weighted by Crippen LogP contribution is -2.07. The van der Waals surface area contributed by atoms with E-state index in [0.717, 1.165) is 6.42 Å². The van der Waals surface area contributed by atoms with E-state index in [4.69, 9.17) is 21.6 Å².